The van der Waals surface area contributed by atoms with E-state index in [1.165, 1.54) is 0 Å². The van der Waals surface area contributed by atoms with Gasteiger partial charge in [-0.2, -0.15) is 11.8 Å². The van der Waals surface area contributed by atoms with Crippen LogP contribution in [-0.4, -0.2) is 16.4 Å². The van der Waals surface area contributed by atoms with Gasteiger partial charge in [-0.15, -0.1) is 0 Å². The molecule has 1 amide bonds. The van der Waals surface area contributed by atoms with Crippen LogP contribution in [0, 0.1) is 0 Å². The Bertz CT molecular complexity index is 129. The van der Waals surface area contributed by atoms with Crippen LogP contribution in [0.15, 0.2) is 0 Å². The van der Waals surface area contributed by atoms with Gasteiger partial charge in [0.1, 0.15) is 0 Å². The van der Waals surface area contributed by atoms with E-state index in [2.05, 4.69) is 20.8 Å². The van der Waals surface area contributed by atoms with Gasteiger partial charge in [0.25, 0.3) is 0 Å². The molecular weight excluding hydrogens is 158 g/mol. The highest BCUT2D eigenvalue weighted by Crippen LogP contribution is 2.23. The second-order valence-electron chi connectivity index (χ2n) is 3.53. The van der Waals surface area contributed by atoms with Gasteiger partial charge in [-0.25, -0.2) is 0 Å². The lowest BCUT2D eigenvalue weighted by molar-refractivity contribution is -0.118. The standard InChI is InChI=1S/C8H17NOS/c1-8(2,3)11-6-4-5-7(9)10/h4-6H2,1-3H3,(H2,9,10). The molecule has 0 unspecified atom stereocenters. The Balaban J connectivity index is 3.22. The smallest absolute Gasteiger partial charge is 0.217 e. The molecule has 0 aromatic rings. The Morgan fingerprint density at radius 1 is 1.45 bits per heavy atom. The topological polar surface area (TPSA) is 43.1 Å². The number of rotatable bonds is 4. The second kappa shape index (κ2) is 4.65. The zero-order valence-corrected chi connectivity index (χ0v) is 8.33. The Morgan fingerprint density at radius 2 is 2.00 bits per heavy atom. The Kier molecular flexibility index (Phi) is 4.57. The molecule has 3 heteroatoms. The third-order valence-corrected chi connectivity index (χ3v) is 2.46. The van der Waals surface area contributed by atoms with Gasteiger partial charge in [0, 0.05) is 11.2 Å². The Labute approximate surface area is 72.9 Å². The molecule has 0 aliphatic rings. The van der Waals surface area contributed by atoms with E-state index in [-0.39, 0.29) is 5.91 Å². The summed E-state index contributed by atoms with van der Waals surface area (Å²) in [5, 5.41) is 0. The van der Waals surface area contributed by atoms with Crippen molar-refractivity contribution in [3.05, 3.63) is 0 Å². The maximum absolute atomic E-state index is 10.3. The van der Waals surface area contributed by atoms with Crippen molar-refractivity contribution in [1.29, 1.82) is 0 Å². The maximum Gasteiger partial charge on any atom is 0.217 e. The molecule has 0 saturated carbocycles. The van der Waals surface area contributed by atoms with E-state index in [4.69, 9.17) is 5.73 Å². The van der Waals surface area contributed by atoms with Crippen LogP contribution < -0.4 is 5.73 Å². The van der Waals surface area contributed by atoms with Crippen LogP contribution in [0.5, 0.6) is 0 Å². The van der Waals surface area contributed by atoms with E-state index in [1.54, 1.807) is 0 Å². The molecule has 0 rings (SSSR count). The van der Waals surface area contributed by atoms with Crippen LogP contribution in [-0.2, 0) is 4.79 Å². The summed E-state index contributed by atoms with van der Waals surface area (Å²) in [4.78, 5) is 10.3. The van der Waals surface area contributed by atoms with Crippen LogP contribution in [0.25, 0.3) is 0 Å². The highest BCUT2D eigenvalue weighted by molar-refractivity contribution is 8.00. The Hall–Kier alpha value is -0.180. The molecule has 0 spiro atoms. The van der Waals surface area contributed by atoms with Crippen molar-refractivity contribution in [2.45, 2.75) is 38.4 Å². The summed E-state index contributed by atoms with van der Waals surface area (Å²) in [7, 11) is 0. The fraction of sp³-hybridized carbons (Fsp3) is 0.875. The van der Waals surface area contributed by atoms with Gasteiger partial charge < -0.3 is 5.73 Å². The molecule has 0 saturated heterocycles. The molecule has 11 heavy (non-hydrogen) atoms. The number of hydrogen-bond acceptors (Lipinski definition) is 2. The number of carbonyl (C=O) groups is 1. The monoisotopic (exact) mass is 175 g/mol. The van der Waals surface area contributed by atoms with Gasteiger partial charge in [-0.05, 0) is 12.2 Å². The van der Waals surface area contributed by atoms with E-state index in [0.29, 0.717) is 11.2 Å². The highest BCUT2D eigenvalue weighted by atomic mass is 32.2. The highest BCUT2D eigenvalue weighted by Gasteiger charge is 2.09. The molecule has 2 N–H and O–H groups in total. The van der Waals surface area contributed by atoms with Crippen LogP contribution >= 0.6 is 11.8 Å². The van der Waals surface area contributed by atoms with Gasteiger partial charge in [0.15, 0.2) is 0 Å². The third kappa shape index (κ3) is 9.82. The van der Waals surface area contributed by atoms with Gasteiger partial charge in [0.05, 0.1) is 0 Å². The van der Waals surface area contributed by atoms with E-state index >= 15 is 0 Å². The molecule has 0 atom stereocenters. The first-order valence-electron chi connectivity index (χ1n) is 3.84. The minimum atomic E-state index is -0.195. The van der Waals surface area contributed by atoms with Crippen molar-refractivity contribution < 1.29 is 4.79 Å². The normalized spacial score (nSPS) is 11.5. The fourth-order valence-corrected chi connectivity index (χ4v) is 1.53. The molecule has 0 radical (unpaired) electrons. The minimum Gasteiger partial charge on any atom is -0.370 e. The van der Waals surface area contributed by atoms with E-state index in [0.717, 1.165) is 12.2 Å². The van der Waals surface area contributed by atoms with Crippen LogP contribution in [0.1, 0.15) is 33.6 Å². The number of carbonyl (C=O) groups excluding carboxylic acids is 1. The van der Waals surface area contributed by atoms with E-state index in [9.17, 15) is 4.79 Å². The van der Waals surface area contributed by atoms with Crippen molar-refractivity contribution in [2.24, 2.45) is 5.73 Å². The summed E-state index contributed by atoms with van der Waals surface area (Å²) in [6, 6.07) is 0. The van der Waals surface area contributed by atoms with Crippen LogP contribution in [0.3, 0.4) is 0 Å². The Morgan fingerprint density at radius 3 is 2.36 bits per heavy atom. The van der Waals surface area contributed by atoms with Crippen LogP contribution in [0.4, 0.5) is 0 Å². The van der Waals surface area contributed by atoms with Crippen molar-refractivity contribution in [3.8, 4) is 0 Å². The predicted octanol–water partition coefficient (Wildman–Crippen LogP) is 1.78. The molecule has 0 aliphatic carbocycles. The van der Waals surface area contributed by atoms with Crippen molar-refractivity contribution >= 4 is 17.7 Å². The summed E-state index contributed by atoms with van der Waals surface area (Å²) >= 11 is 1.87. The number of hydrogen-bond donors (Lipinski definition) is 1. The molecule has 2 nitrogen and oxygen atoms in total. The number of primary amides is 1. The average Bonchev–Trinajstić information content (AvgIpc) is 1.78. The number of nitrogens with two attached hydrogens (primary N) is 1. The molecule has 0 bridgehead atoms. The second-order valence-corrected chi connectivity index (χ2v) is 5.45. The van der Waals surface area contributed by atoms with Gasteiger partial charge >= 0.3 is 0 Å². The minimum absolute atomic E-state index is 0.195. The van der Waals surface area contributed by atoms with Crippen molar-refractivity contribution in [3.63, 3.8) is 0 Å². The lowest BCUT2D eigenvalue weighted by atomic mass is 10.3. The number of amides is 1. The molecule has 0 aromatic heterocycles. The lowest BCUT2D eigenvalue weighted by Crippen LogP contribution is -2.12. The third-order valence-electron chi connectivity index (χ3n) is 1.10. The molecule has 0 aliphatic heterocycles. The predicted molar refractivity (Wildman–Crippen MR) is 50.6 cm³/mol. The van der Waals surface area contributed by atoms with Crippen molar-refractivity contribution in [2.75, 3.05) is 5.75 Å². The first kappa shape index (κ1) is 10.8. The van der Waals surface area contributed by atoms with E-state index < -0.39 is 0 Å². The molecule has 66 valence electrons. The summed E-state index contributed by atoms with van der Waals surface area (Å²) in [6.45, 7) is 6.51. The average molecular weight is 175 g/mol. The summed E-state index contributed by atoms with van der Waals surface area (Å²) in [6.07, 6.45) is 1.42. The molecule has 0 heterocycles. The van der Waals surface area contributed by atoms with E-state index in [1.807, 2.05) is 11.8 Å². The SMILES string of the molecule is CC(C)(C)SCCCC(N)=O. The largest absolute Gasteiger partial charge is 0.370 e. The van der Waals surface area contributed by atoms with Crippen molar-refractivity contribution in [1.82, 2.24) is 0 Å². The first-order valence-corrected chi connectivity index (χ1v) is 4.82. The first-order chi connectivity index (χ1) is 4.92. The van der Waals surface area contributed by atoms with Gasteiger partial charge in [-0.1, -0.05) is 20.8 Å². The van der Waals surface area contributed by atoms with Gasteiger partial charge in [0.2, 0.25) is 5.91 Å². The zero-order chi connectivity index (χ0) is 8.91. The van der Waals surface area contributed by atoms with Crippen LogP contribution in [0.2, 0.25) is 0 Å². The molecule has 0 fully saturated rings. The molecule has 0 aromatic carbocycles. The summed E-state index contributed by atoms with van der Waals surface area (Å²) in [5.41, 5.74) is 4.99. The molecular formula is C8H17NOS. The maximum atomic E-state index is 10.3. The summed E-state index contributed by atoms with van der Waals surface area (Å²) < 4.78 is 0.303. The number of thioether (sulfide) groups is 1. The van der Waals surface area contributed by atoms with Gasteiger partial charge in [-0.3, -0.25) is 4.79 Å². The fourth-order valence-electron chi connectivity index (χ4n) is 0.625. The summed E-state index contributed by atoms with van der Waals surface area (Å²) in [5.74, 6) is 0.825. The zero-order valence-electron chi connectivity index (χ0n) is 7.52. The quantitative estimate of drug-likeness (QED) is 0.662. The lowest BCUT2D eigenvalue weighted by Gasteiger charge is -2.16.